The van der Waals surface area contributed by atoms with E-state index in [1.807, 2.05) is 61.5 Å². The normalized spacial score (nSPS) is 15.1. The number of ether oxygens (including phenoxy) is 2. The summed E-state index contributed by atoms with van der Waals surface area (Å²) in [6.45, 7) is 3.55. The predicted molar refractivity (Wildman–Crippen MR) is 115 cm³/mol. The average molecular weight is 420 g/mol. The molecule has 1 amide bonds. The summed E-state index contributed by atoms with van der Waals surface area (Å²) in [5.74, 6) is 0.213. The molecule has 1 fully saturated rings. The van der Waals surface area contributed by atoms with Gasteiger partial charge in [0.05, 0.1) is 12.5 Å². The third-order valence-corrected chi connectivity index (χ3v) is 5.67. The predicted octanol–water partition coefficient (Wildman–Crippen LogP) is 5.16. The molecule has 1 N–H and O–H groups in total. The first kappa shape index (κ1) is 20.7. The van der Waals surface area contributed by atoms with Crippen LogP contribution in [0.3, 0.4) is 0 Å². The quantitative estimate of drug-likeness (QED) is 0.554. The molecule has 2 aromatic carbocycles. The van der Waals surface area contributed by atoms with Crippen molar-refractivity contribution in [2.75, 3.05) is 12.4 Å². The second kappa shape index (κ2) is 8.26. The number of hydrogen-bond acceptors (Lipinski definition) is 6. The second-order valence-electron chi connectivity index (χ2n) is 7.71. The molecule has 1 unspecified atom stereocenters. The Bertz CT molecular complexity index is 1080. The lowest BCUT2D eigenvalue weighted by molar-refractivity contribution is -0.143. The minimum absolute atomic E-state index is 0.214. The van der Waals surface area contributed by atoms with Gasteiger partial charge in [0, 0.05) is 5.56 Å². The van der Waals surface area contributed by atoms with E-state index in [4.69, 9.17) is 14.0 Å². The number of carbonyl (C=O) groups is 2. The van der Waals surface area contributed by atoms with Crippen LogP contribution in [0, 0.1) is 6.92 Å². The number of aromatic nitrogens is 1. The van der Waals surface area contributed by atoms with Gasteiger partial charge >= 0.3 is 12.1 Å². The van der Waals surface area contributed by atoms with E-state index in [9.17, 15) is 9.59 Å². The Hall–Kier alpha value is -3.61. The Morgan fingerprint density at radius 1 is 1.10 bits per heavy atom. The average Bonchev–Trinajstić information content (AvgIpc) is 3.53. The minimum atomic E-state index is -0.594. The molecule has 4 rings (SSSR count). The number of nitrogens with one attached hydrogen (secondary N) is 1. The molecular formula is C24H24N2O5. The number of rotatable bonds is 6. The molecule has 0 bridgehead atoms. The molecule has 0 saturated heterocycles. The van der Waals surface area contributed by atoms with Gasteiger partial charge in [-0.15, -0.1) is 0 Å². The number of carbonyl (C=O) groups excluding carboxylic acids is 2. The molecule has 0 radical (unpaired) electrons. The van der Waals surface area contributed by atoms with Crippen LogP contribution in [0.1, 0.15) is 42.7 Å². The Balaban J connectivity index is 1.50. The zero-order chi connectivity index (χ0) is 22.0. The first-order chi connectivity index (χ1) is 14.9. The van der Waals surface area contributed by atoms with Crippen molar-refractivity contribution in [2.45, 2.75) is 38.2 Å². The van der Waals surface area contributed by atoms with Gasteiger partial charge in [-0.05, 0) is 37.8 Å². The van der Waals surface area contributed by atoms with Crippen LogP contribution in [0.4, 0.5) is 10.5 Å². The lowest BCUT2D eigenvalue weighted by Gasteiger charge is -2.15. The molecule has 1 aliphatic rings. The fraction of sp³-hybridized carbons (Fsp3) is 0.292. The number of hydrogen-bond donors (Lipinski definition) is 1. The maximum Gasteiger partial charge on any atom is 0.412 e. The second-order valence-corrected chi connectivity index (χ2v) is 7.71. The summed E-state index contributed by atoms with van der Waals surface area (Å²) < 4.78 is 15.9. The maximum absolute atomic E-state index is 12.5. The zero-order valence-electron chi connectivity index (χ0n) is 17.7. The van der Waals surface area contributed by atoms with Crippen molar-refractivity contribution < 1.29 is 23.6 Å². The molecule has 7 nitrogen and oxygen atoms in total. The maximum atomic E-state index is 12.5. The van der Waals surface area contributed by atoms with Crippen LogP contribution in [-0.4, -0.2) is 24.3 Å². The molecule has 160 valence electrons. The highest BCUT2D eigenvalue weighted by molar-refractivity contribution is 5.91. The molecule has 1 aromatic heterocycles. The van der Waals surface area contributed by atoms with Gasteiger partial charge in [-0.3, -0.25) is 10.1 Å². The largest absolute Gasteiger partial charge is 0.468 e. The van der Waals surface area contributed by atoms with Crippen molar-refractivity contribution in [3.05, 3.63) is 71.4 Å². The summed E-state index contributed by atoms with van der Waals surface area (Å²) in [6, 6.07) is 17.0. The van der Waals surface area contributed by atoms with Crippen molar-refractivity contribution in [1.82, 2.24) is 5.16 Å². The van der Waals surface area contributed by atoms with Crippen LogP contribution in [0.25, 0.3) is 11.3 Å². The Kier molecular flexibility index (Phi) is 5.50. The lowest BCUT2D eigenvalue weighted by Crippen LogP contribution is -2.21. The highest BCUT2D eigenvalue weighted by atomic mass is 16.6. The summed E-state index contributed by atoms with van der Waals surface area (Å²) in [5.41, 5.74) is 2.99. The highest BCUT2D eigenvalue weighted by Gasteiger charge is 2.52. The molecule has 7 heteroatoms. The standard InChI is InChI=1S/C24H24N2O5/c1-15-20(25-23(28)30-16(2)17-7-5-4-6-8-17)21(31-26-15)18-9-11-19(12-10-18)24(13-14-24)22(27)29-3/h4-12,16H,13-14H2,1-3H3,(H,25,28). The number of nitrogens with zero attached hydrogens (tertiary/aromatic N) is 1. The van der Waals surface area contributed by atoms with Crippen molar-refractivity contribution in [2.24, 2.45) is 0 Å². The van der Waals surface area contributed by atoms with E-state index in [1.54, 1.807) is 6.92 Å². The number of amides is 1. The smallest absolute Gasteiger partial charge is 0.412 e. The summed E-state index contributed by atoms with van der Waals surface area (Å²) in [4.78, 5) is 24.6. The summed E-state index contributed by atoms with van der Waals surface area (Å²) in [6.07, 6.45) is 0.553. The first-order valence-electron chi connectivity index (χ1n) is 10.1. The van der Waals surface area contributed by atoms with Gasteiger partial charge in [-0.1, -0.05) is 59.8 Å². The zero-order valence-corrected chi connectivity index (χ0v) is 17.7. The number of esters is 1. The fourth-order valence-corrected chi connectivity index (χ4v) is 3.67. The van der Waals surface area contributed by atoms with Gasteiger partial charge in [-0.2, -0.15) is 0 Å². The van der Waals surface area contributed by atoms with Crippen LogP contribution in [0.2, 0.25) is 0 Å². The molecule has 3 aromatic rings. The van der Waals surface area contributed by atoms with E-state index < -0.39 is 17.6 Å². The molecule has 1 heterocycles. The third-order valence-electron chi connectivity index (χ3n) is 5.67. The van der Waals surface area contributed by atoms with E-state index in [-0.39, 0.29) is 5.97 Å². The van der Waals surface area contributed by atoms with E-state index in [0.717, 1.165) is 29.5 Å². The van der Waals surface area contributed by atoms with Gasteiger partial charge in [0.1, 0.15) is 17.5 Å². The Labute approximate surface area is 180 Å². The van der Waals surface area contributed by atoms with Crippen LogP contribution in [-0.2, 0) is 19.7 Å². The van der Waals surface area contributed by atoms with Crippen LogP contribution in [0.5, 0.6) is 0 Å². The molecular weight excluding hydrogens is 396 g/mol. The highest BCUT2D eigenvalue weighted by Crippen LogP contribution is 2.49. The van der Waals surface area contributed by atoms with Crippen molar-refractivity contribution in [3.63, 3.8) is 0 Å². The van der Waals surface area contributed by atoms with Crippen LogP contribution >= 0.6 is 0 Å². The summed E-state index contributed by atoms with van der Waals surface area (Å²) in [7, 11) is 1.41. The van der Waals surface area contributed by atoms with Gasteiger partial charge < -0.3 is 14.0 Å². The molecule has 0 spiro atoms. The molecule has 1 saturated carbocycles. The molecule has 1 atom stereocenters. The number of aryl methyl sites for hydroxylation is 1. The first-order valence-corrected chi connectivity index (χ1v) is 10.1. The topological polar surface area (TPSA) is 90.7 Å². The summed E-state index contributed by atoms with van der Waals surface area (Å²) >= 11 is 0. The van der Waals surface area contributed by atoms with Crippen LogP contribution < -0.4 is 5.32 Å². The van der Waals surface area contributed by atoms with E-state index in [1.165, 1.54) is 7.11 Å². The Morgan fingerprint density at radius 3 is 2.39 bits per heavy atom. The fourth-order valence-electron chi connectivity index (χ4n) is 3.67. The minimum Gasteiger partial charge on any atom is -0.468 e. The van der Waals surface area contributed by atoms with E-state index >= 15 is 0 Å². The van der Waals surface area contributed by atoms with Crippen LogP contribution in [0.15, 0.2) is 59.1 Å². The van der Waals surface area contributed by atoms with E-state index in [0.29, 0.717) is 17.1 Å². The number of methoxy groups -OCH3 is 1. The monoisotopic (exact) mass is 420 g/mol. The summed E-state index contributed by atoms with van der Waals surface area (Å²) in [5, 5.41) is 6.74. The van der Waals surface area contributed by atoms with Crippen molar-refractivity contribution >= 4 is 17.7 Å². The van der Waals surface area contributed by atoms with E-state index in [2.05, 4.69) is 10.5 Å². The van der Waals surface area contributed by atoms with Crippen molar-refractivity contribution in [1.29, 1.82) is 0 Å². The Morgan fingerprint density at radius 2 is 1.77 bits per heavy atom. The number of anilines is 1. The van der Waals surface area contributed by atoms with Gasteiger partial charge in [0.15, 0.2) is 5.76 Å². The van der Waals surface area contributed by atoms with Gasteiger partial charge in [0.25, 0.3) is 0 Å². The van der Waals surface area contributed by atoms with Crippen molar-refractivity contribution in [3.8, 4) is 11.3 Å². The molecule has 1 aliphatic carbocycles. The molecule has 0 aliphatic heterocycles. The van der Waals surface area contributed by atoms with Gasteiger partial charge in [-0.25, -0.2) is 4.79 Å². The number of benzene rings is 2. The SMILES string of the molecule is COC(=O)C1(c2ccc(-c3onc(C)c3NC(=O)OC(C)c3ccccc3)cc2)CC1. The van der Waals surface area contributed by atoms with Gasteiger partial charge in [0.2, 0.25) is 0 Å². The molecule has 31 heavy (non-hydrogen) atoms. The third kappa shape index (κ3) is 4.03. The lowest BCUT2D eigenvalue weighted by atomic mass is 9.94.